The molecule has 2 rings (SSSR count). The first-order valence-electron chi connectivity index (χ1n) is 6.99. The third-order valence-corrected chi connectivity index (χ3v) is 3.94. The minimum Gasteiger partial charge on any atom is -0.435 e. The Balaban J connectivity index is 2.49. The van der Waals surface area contributed by atoms with E-state index in [9.17, 15) is 13.6 Å². The van der Waals surface area contributed by atoms with E-state index in [1.54, 1.807) is 12.1 Å². The van der Waals surface area contributed by atoms with Crippen LogP contribution in [-0.4, -0.2) is 12.9 Å². The van der Waals surface area contributed by atoms with E-state index in [1.807, 2.05) is 13.8 Å². The van der Waals surface area contributed by atoms with Gasteiger partial charge < -0.3 is 9.53 Å². The summed E-state index contributed by atoms with van der Waals surface area (Å²) in [6, 6.07) is 3.33. The van der Waals surface area contributed by atoms with Gasteiger partial charge in [0.25, 0.3) is 0 Å². The lowest BCUT2D eigenvalue weighted by atomic mass is 9.89. The molecule has 1 saturated carbocycles. The highest BCUT2D eigenvalue weighted by atomic mass is 19.3. The second-order valence-electron chi connectivity index (χ2n) is 5.80. The second-order valence-corrected chi connectivity index (χ2v) is 5.80. The van der Waals surface area contributed by atoms with Crippen LogP contribution < -0.4 is 4.74 Å². The summed E-state index contributed by atoms with van der Waals surface area (Å²) in [5.74, 6) is 1.28. The van der Waals surface area contributed by atoms with Crippen molar-refractivity contribution in [2.24, 2.45) is 5.92 Å². The lowest BCUT2D eigenvalue weighted by molar-refractivity contribution is -0.107. The van der Waals surface area contributed by atoms with Gasteiger partial charge in [-0.1, -0.05) is 20.8 Å². The highest BCUT2D eigenvalue weighted by molar-refractivity contribution is 5.60. The minimum absolute atomic E-state index is 0.166. The van der Waals surface area contributed by atoms with Gasteiger partial charge in [-0.05, 0) is 53.0 Å². The largest absolute Gasteiger partial charge is 0.435 e. The zero-order chi connectivity index (χ0) is 14.9. The predicted molar refractivity (Wildman–Crippen MR) is 73.5 cm³/mol. The quantitative estimate of drug-likeness (QED) is 0.728. The lowest BCUT2D eigenvalue weighted by Crippen LogP contribution is -2.07. The van der Waals surface area contributed by atoms with Gasteiger partial charge in [0.15, 0.2) is 0 Å². The van der Waals surface area contributed by atoms with Crippen molar-refractivity contribution in [2.45, 2.75) is 52.1 Å². The number of hydrogen-bond acceptors (Lipinski definition) is 2. The maximum atomic E-state index is 12.4. The fourth-order valence-electron chi connectivity index (χ4n) is 2.78. The molecule has 0 radical (unpaired) electrons. The van der Waals surface area contributed by atoms with E-state index in [2.05, 4.69) is 11.7 Å². The number of halogens is 2. The minimum atomic E-state index is -2.82. The molecule has 1 aromatic rings. The predicted octanol–water partition coefficient (Wildman–Crippen LogP) is 4.28. The Morgan fingerprint density at radius 1 is 1.40 bits per heavy atom. The lowest BCUT2D eigenvalue weighted by Gasteiger charge is -2.18. The summed E-state index contributed by atoms with van der Waals surface area (Å²) in [6.07, 6.45) is 2.26. The molecule has 0 aliphatic heterocycles. The van der Waals surface area contributed by atoms with Gasteiger partial charge >= 0.3 is 6.61 Å². The van der Waals surface area contributed by atoms with Crippen molar-refractivity contribution in [3.63, 3.8) is 0 Å². The molecule has 1 fully saturated rings. The van der Waals surface area contributed by atoms with Crippen molar-refractivity contribution < 1.29 is 18.3 Å². The van der Waals surface area contributed by atoms with E-state index in [0.717, 1.165) is 29.4 Å². The monoisotopic (exact) mass is 282 g/mol. The first kappa shape index (κ1) is 14.9. The number of aldehydes is 1. The molecule has 0 N–H and O–H groups in total. The fraction of sp³-hybridized carbons (Fsp3) is 0.562. The van der Waals surface area contributed by atoms with Gasteiger partial charge in [0.1, 0.15) is 12.0 Å². The number of carbonyl (C=O) groups is 1. The topological polar surface area (TPSA) is 26.3 Å². The maximum absolute atomic E-state index is 12.4. The van der Waals surface area contributed by atoms with Crippen molar-refractivity contribution in [1.82, 2.24) is 0 Å². The first-order valence-corrected chi connectivity index (χ1v) is 6.99. The Morgan fingerprint density at radius 2 is 2.05 bits per heavy atom. The Kier molecular flexibility index (Phi) is 4.41. The van der Waals surface area contributed by atoms with Gasteiger partial charge in [0.2, 0.25) is 0 Å². The van der Waals surface area contributed by atoms with Crippen LogP contribution in [0.3, 0.4) is 0 Å². The number of rotatable bonds is 6. The van der Waals surface area contributed by atoms with Gasteiger partial charge in [-0.15, -0.1) is 0 Å². The molecule has 1 aliphatic rings. The Bertz CT molecular complexity index is 497. The Hall–Kier alpha value is -1.45. The molecule has 4 heteroatoms. The number of carbonyl (C=O) groups excluding carboxylic acids is 1. The Morgan fingerprint density at radius 3 is 2.50 bits per heavy atom. The summed E-state index contributed by atoms with van der Waals surface area (Å²) in [4.78, 5) is 10.9. The maximum Gasteiger partial charge on any atom is 0.387 e. The van der Waals surface area contributed by atoms with Crippen molar-refractivity contribution in [2.75, 3.05) is 0 Å². The van der Waals surface area contributed by atoms with E-state index in [-0.39, 0.29) is 11.7 Å². The zero-order valence-electron chi connectivity index (χ0n) is 12.0. The van der Waals surface area contributed by atoms with Gasteiger partial charge in [0, 0.05) is 6.42 Å². The molecular weight excluding hydrogens is 262 g/mol. The number of alkyl halides is 2. The summed E-state index contributed by atoms with van der Waals surface area (Å²) in [5.41, 5.74) is 2.93. The van der Waals surface area contributed by atoms with Crippen molar-refractivity contribution in [3.8, 4) is 5.75 Å². The number of ether oxygens (including phenoxy) is 1. The molecule has 2 atom stereocenters. The van der Waals surface area contributed by atoms with Crippen LogP contribution in [0.25, 0.3) is 0 Å². The summed E-state index contributed by atoms with van der Waals surface area (Å²) < 4.78 is 29.5. The van der Waals surface area contributed by atoms with Crippen LogP contribution in [-0.2, 0) is 11.2 Å². The molecule has 0 spiro atoms. The highest BCUT2D eigenvalue weighted by Gasteiger charge is 2.36. The number of hydrogen-bond donors (Lipinski definition) is 0. The highest BCUT2D eigenvalue weighted by Crippen LogP contribution is 2.50. The van der Waals surface area contributed by atoms with Gasteiger partial charge in [-0.2, -0.15) is 8.78 Å². The van der Waals surface area contributed by atoms with Crippen LogP contribution in [0.5, 0.6) is 5.75 Å². The van der Waals surface area contributed by atoms with Crippen LogP contribution in [0.15, 0.2) is 12.1 Å². The summed E-state index contributed by atoms with van der Waals surface area (Å²) in [7, 11) is 0. The molecule has 0 heterocycles. The molecule has 0 bridgehead atoms. The first-order chi connectivity index (χ1) is 9.43. The van der Waals surface area contributed by atoms with Crippen molar-refractivity contribution >= 4 is 6.29 Å². The molecule has 2 unspecified atom stereocenters. The normalized spacial score (nSPS) is 21.4. The average Bonchev–Trinajstić information content (AvgIpc) is 3.07. The SMILES string of the molecule is CC(C)c1cc(OC(F)F)cc(C2CC2C)c1CC=O. The summed E-state index contributed by atoms with van der Waals surface area (Å²) >= 11 is 0. The van der Waals surface area contributed by atoms with Gasteiger partial charge in [-0.25, -0.2) is 0 Å². The van der Waals surface area contributed by atoms with Crippen LogP contribution in [0.2, 0.25) is 0 Å². The van der Waals surface area contributed by atoms with Crippen molar-refractivity contribution in [3.05, 3.63) is 28.8 Å². The van der Waals surface area contributed by atoms with Gasteiger partial charge in [-0.3, -0.25) is 0 Å². The second kappa shape index (κ2) is 5.90. The standard InChI is InChI=1S/C16H20F2O2/c1-9(2)13-7-11(20-16(17)18)8-15(12(13)4-5-19)14-6-10(14)3/h5,7-10,14,16H,4,6H2,1-3H3. The van der Waals surface area contributed by atoms with Crippen LogP contribution >= 0.6 is 0 Å². The van der Waals surface area contributed by atoms with Gasteiger partial charge in [0.05, 0.1) is 0 Å². The third kappa shape index (κ3) is 3.17. The average molecular weight is 282 g/mol. The van der Waals surface area contributed by atoms with Crippen LogP contribution in [0.4, 0.5) is 8.78 Å². The van der Waals surface area contributed by atoms with E-state index >= 15 is 0 Å². The smallest absolute Gasteiger partial charge is 0.387 e. The molecule has 2 nitrogen and oxygen atoms in total. The zero-order valence-corrected chi connectivity index (χ0v) is 12.0. The van der Waals surface area contributed by atoms with E-state index in [1.165, 1.54) is 0 Å². The fourth-order valence-corrected chi connectivity index (χ4v) is 2.78. The third-order valence-electron chi connectivity index (χ3n) is 3.94. The molecule has 0 saturated heterocycles. The molecular formula is C16H20F2O2. The van der Waals surface area contributed by atoms with E-state index < -0.39 is 6.61 Å². The molecule has 0 aromatic heterocycles. The summed E-state index contributed by atoms with van der Waals surface area (Å²) in [5, 5.41) is 0. The molecule has 0 amide bonds. The molecule has 110 valence electrons. The number of benzene rings is 1. The molecule has 20 heavy (non-hydrogen) atoms. The Labute approximate surface area is 118 Å². The van der Waals surface area contributed by atoms with E-state index in [0.29, 0.717) is 18.3 Å². The van der Waals surface area contributed by atoms with Crippen LogP contribution in [0.1, 0.15) is 55.7 Å². The summed E-state index contributed by atoms with van der Waals surface area (Å²) in [6.45, 7) is 3.30. The molecule has 1 aromatic carbocycles. The molecule has 1 aliphatic carbocycles. The van der Waals surface area contributed by atoms with E-state index in [4.69, 9.17) is 0 Å². The van der Waals surface area contributed by atoms with Crippen molar-refractivity contribution in [1.29, 1.82) is 0 Å². The van der Waals surface area contributed by atoms with Crippen LogP contribution in [0, 0.1) is 5.92 Å².